The maximum atomic E-state index is 11.8. The smallest absolute Gasteiger partial charge is 0.331 e. The molecule has 116 valence electrons. The monoisotopic (exact) mass is 284 g/mol. The van der Waals surface area contributed by atoms with Crippen molar-refractivity contribution < 1.29 is 19.4 Å². The molecule has 0 aromatic heterocycles. The summed E-state index contributed by atoms with van der Waals surface area (Å²) in [6.45, 7) is 10.5. The number of hydrogen-bond donors (Lipinski definition) is 1. The van der Waals surface area contributed by atoms with Crippen molar-refractivity contribution in [2.45, 2.75) is 65.9 Å². The first-order valence-electron chi connectivity index (χ1n) is 7.34. The van der Waals surface area contributed by atoms with Gasteiger partial charge >= 0.3 is 11.9 Å². The van der Waals surface area contributed by atoms with E-state index in [1.807, 2.05) is 0 Å². The van der Waals surface area contributed by atoms with Crippen LogP contribution in [0.4, 0.5) is 0 Å². The van der Waals surface area contributed by atoms with Crippen molar-refractivity contribution in [2.24, 2.45) is 11.8 Å². The summed E-state index contributed by atoms with van der Waals surface area (Å²) >= 11 is 0. The highest BCUT2D eigenvalue weighted by atomic mass is 16.6. The standard InChI is InChI=1S/C16H28O4/c1-6-9-16(10-12(2)3,11-13(4)5)20-15(19)8-7-14(17)18/h7-8,12-13H,6,9-11H2,1-5H3,(H,17,18)/b8-7-. The minimum Gasteiger partial charge on any atom is -0.478 e. The molecule has 0 aliphatic carbocycles. The molecule has 0 atom stereocenters. The predicted molar refractivity (Wildman–Crippen MR) is 79.4 cm³/mol. The van der Waals surface area contributed by atoms with E-state index in [1.165, 1.54) is 0 Å². The normalized spacial score (nSPS) is 12.3. The Balaban J connectivity index is 5.05. The van der Waals surface area contributed by atoms with Gasteiger partial charge in [0.1, 0.15) is 5.60 Å². The van der Waals surface area contributed by atoms with E-state index in [-0.39, 0.29) is 0 Å². The van der Waals surface area contributed by atoms with Crippen LogP contribution in [0.25, 0.3) is 0 Å². The summed E-state index contributed by atoms with van der Waals surface area (Å²) in [5.74, 6) is -0.883. The quantitative estimate of drug-likeness (QED) is 0.516. The van der Waals surface area contributed by atoms with Crippen LogP contribution < -0.4 is 0 Å². The van der Waals surface area contributed by atoms with Gasteiger partial charge in [-0.25, -0.2) is 9.59 Å². The first-order valence-corrected chi connectivity index (χ1v) is 7.34. The summed E-state index contributed by atoms with van der Waals surface area (Å²) in [6, 6.07) is 0. The van der Waals surface area contributed by atoms with Gasteiger partial charge in [0.15, 0.2) is 0 Å². The van der Waals surface area contributed by atoms with Crippen LogP contribution in [-0.2, 0) is 14.3 Å². The van der Waals surface area contributed by atoms with Crippen molar-refractivity contribution in [1.29, 1.82) is 0 Å². The van der Waals surface area contributed by atoms with Crippen LogP contribution in [0.15, 0.2) is 12.2 Å². The molecule has 4 heteroatoms. The highest BCUT2D eigenvalue weighted by Crippen LogP contribution is 2.33. The van der Waals surface area contributed by atoms with Gasteiger partial charge in [0.2, 0.25) is 0 Å². The molecule has 0 aromatic carbocycles. The molecule has 0 saturated heterocycles. The van der Waals surface area contributed by atoms with Gasteiger partial charge in [0, 0.05) is 12.2 Å². The van der Waals surface area contributed by atoms with Crippen molar-refractivity contribution >= 4 is 11.9 Å². The van der Waals surface area contributed by atoms with E-state index in [4.69, 9.17) is 9.84 Å². The third kappa shape index (κ3) is 7.97. The maximum absolute atomic E-state index is 11.8. The average molecular weight is 284 g/mol. The lowest BCUT2D eigenvalue weighted by Crippen LogP contribution is -2.37. The summed E-state index contributed by atoms with van der Waals surface area (Å²) in [4.78, 5) is 22.3. The fourth-order valence-corrected chi connectivity index (χ4v) is 2.75. The Kier molecular flexibility index (Phi) is 8.19. The van der Waals surface area contributed by atoms with Crippen LogP contribution in [0.2, 0.25) is 0 Å². The van der Waals surface area contributed by atoms with Gasteiger partial charge in [-0.2, -0.15) is 0 Å². The van der Waals surface area contributed by atoms with E-state index in [2.05, 4.69) is 34.6 Å². The Morgan fingerprint density at radius 1 is 1.10 bits per heavy atom. The number of carbonyl (C=O) groups excluding carboxylic acids is 1. The van der Waals surface area contributed by atoms with E-state index in [0.29, 0.717) is 11.8 Å². The third-order valence-corrected chi connectivity index (χ3v) is 2.95. The second kappa shape index (κ2) is 8.77. The summed E-state index contributed by atoms with van der Waals surface area (Å²) in [6.07, 6.45) is 5.14. The van der Waals surface area contributed by atoms with Gasteiger partial charge in [-0.3, -0.25) is 0 Å². The second-order valence-corrected chi connectivity index (χ2v) is 6.22. The molecule has 0 heterocycles. The summed E-state index contributed by atoms with van der Waals surface area (Å²) < 4.78 is 5.66. The fraction of sp³-hybridized carbons (Fsp3) is 0.750. The third-order valence-electron chi connectivity index (χ3n) is 2.95. The Morgan fingerprint density at radius 3 is 1.95 bits per heavy atom. The van der Waals surface area contributed by atoms with Gasteiger partial charge in [-0.1, -0.05) is 41.0 Å². The molecule has 1 N–H and O–H groups in total. The highest BCUT2D eigenvalue weighted by molar-refractivity contribution is 5.90. The molecule has 0 aromatic rings. The second-order valence-electron chi connectivity index (χ2n) is 6.22. The van der Waals surface area contributed by atoms with Crippen LogP contribution in [0.1, 0.15) is 60.3 Å². The molecule has 0 rings (SSSR count). The summed E-state index contributed by atoms with van der Waals surface area (Å²) in [5.41, 5.74) is -0.489. The van der Waals surface area contributed by atoms with Crippen LogP contribution >= 0.6 is 0 Å². The van der Waals surface area contributed by atoms with Gasteiger partial charge in [-0.15, -0.1) is 0 Å². The topological polar surface area (TPSA) is 63.6 Å². The Bertz CT molecular complexity index is 332. The number of carbonyl (C=O) groups is 2. The van der Waals surface area contributed by atoms with Crippen molar-refractivity contribution in [1.82, 2.24) is 0 Å². The maximum Gasteiger partial charge on any atom is 0.331 e. The van der Waals surface area contributed by atoms with E-state index in [0.717, 1.165) is 37.8 Å². The number of rotatable bonds is 9. The van der Waals surface area contributed by atoms with Crippen molar-refractivity contribution in [3.63, 3.8) is 0 Å². The molecular formula is C16H28O4. The molecule has 4 nitrogen and oxygen atoms in total. The van der Waals surface area contributed by atoms with E-state index in [1.54, 1.807) is 0 Å². The number of carboxylic acids is 1. The molecule has 0 radical (unpaired) electrons. The van der Waals surface area contributed by atoms with E-state index >= 15 is 0 Å². The van der Waals surface area contributed by atoms with Crippen LogP contribution in [0.3, 0.4) is 0 Å². The zero-order valence-corrected chi connectivity index (χ0v) is 13.3. The molecule has 0 unspecified atom stereocenters. The van der Waals surface area contributed by atoms with Crippen molar-refractivity contribution in [3.05, 3.63) is 12.2 Å². The average Bonchev–Trinajstić information content (AvgIpc) is 2.24. The van der Waals surface area contributed by atoms with Crippen molar-refractivity contribution in [2.75, 3.05) is 0 Å². The molecular weight excluding hydrogens is 256 g/mol. The minimum absolute atomic E-state index is 0.413. The lowest BCUT2D eigenvalue weighted by molar-refractivity contribution is -0.158. The zero-order valence-electron chi connectivity index (χ0n) is 13.3. The first-order chi connectivity index (χ1) is 9.20. The lowest BCUT2D eigenvalue weighted by atomic mass is 9.81. The van der Waals surface area contributed by atoms with Gasteiger partial charge < -0.3 is 9.84 Å². The zero-order chi connectivity index (χ0) is 15.8. The molecule has 20 heavy (non-hydrogen) atoms. The molecule has 0 amide bonds. The number of ether oxygens (including phenoxy) is 1. The number of esters is 1. The van der Waals surface area contributed by atoms with Crippen LogP contribution in [0, 0.1) is 11.8 Å². The molecule has 0 spiro atoms. The van der Waals surface area contributed by atoms with Crippen LogP contribution in [0.5, 0.6) is 0 Å². The SMILES string of the molecule is CCCC(CC(C)C)(CC(C)C)OC(=O)/C=C\C(=O)O. The molecule has 0 bridgehead atoms. The Labute approximate surface area is 122 Å². The molecule has 0 fully saturated rings. The molecule has 0 aliphatic heterocycles. The lowest BCUT2D eigenvalue weighted by Gasteiger charge is -2.36. The molecule has 0 saturated carbocycles. The number of aliphatic carboxylic acids is 1. The number of carboxylic acid groups (broad SMARTS) is 1. The minimum atomic E-state index is -1.14. The first kappa shape index (κ1) is 18.7. The van der Waals surface area contributed by atoms with E-state index < -0.39 is 17.5 Å². The van der Waals surface area contributed by atoms with E-state index in [9.17, 15) is 9.59 Å². The van der Waals surface area contributed by atoms with Gasteiger partial charge in [0.25, 0.3) is 0 Å². The summed E-state index contributed by atoms with van der Waals surface area (Å²) in [7, 11) is 0. The van der Waals surface area contributed by atoms with Crippen molar-refractivity contribution in [3.8, 4) is 0 Å². The Morgan fingerprint density at radius 2 is 1.60 bits per heavy atom. The predicted octanol–water partition coefficient (Wildman–Crippen LogP) is 3.80. The summed E-state index contributed by atoms with van der Waals surface area (Å²) in [5, 5.41) is 8.56. The number of hydrogen-bond acceptors (Lipinski definition) is 3. The molecule has 0 aliphatic rings. The van der Waals surface area contributed by atoms with Gasteiger partial charge in [0.05, 0.1) is 0 Å². The van der Waals surface area contributed by atoms with Crippen LogP contribution in [-0.4, -0.2) is 22.6 Å². The Hall–Kier alpha value is -1.32. The highest BCUT2D eigenvalue weighted by Gasteiger charge is 2.34. The fourth-order valence-electron chi connectivity index (χ4n) is 2.75. The van der Waals surface area contributed by atoms with Gasteiger partial charge in [-0.05, 0) is 31.1 Å². The largest absolute Gasteiger partial charge is 0.478 e.